The average molecular weight is 295 g/mol. The topological polar surface area (TPSA) is 9.23 Å². The minimum absolute atomic E-state index is 0.260. The first-order chi connectivity index (χ1) is 8.15. The maximum Gasteiger partial charge on any atom is 0.137 e. The smallest absolute Gasteiger partial charge is 0.137 e. The van der Waals surface area contributed by atoms with Crippen LogP contribution < -0.4 is 4.74 Å². The second-order valence-electron chi connectivity index (χ2n) is 3.85. The molecule has 0 saturated carbocycles. The average Bonchev–Trinajstić information content (AvgIpc) is 2.33. The number of rotatable bonds is 3. The number of hydrogen-bond donors (Lipinski definition) is 0. The lowest BCUT2D eigenvalue weighted by Gasteiger charge is -2.07. The van der Waals surface area contributed by atoms with Gasteiger partial charge in [0.15, 0.2) is 0 Å². The van der Waals surface area contributed by atoms with Crippen LogP contribution in [0.1, 0.15) is 11.1 Å². The molecule has 0 spiro atoms. The fraction of sp³-hybridized carbons (Fsp3) is 0.143. The molecular formula is C14H12BrFO. The monoisotopic (exact) mass is 294 g/mol. The molecule has 88 valence electrons. The van der Waals surface area contributed by atoms with Gasteiger partial charge in [-0.2, -0.15) is 0 Å². The van der Waals surface area contributed by atoms with Crippen molar-refractivity contribution in [3.8, 4) is 5.75 Å². The van der Waals surface area contributed by atoms with Crippen molar-refractivity contribution in [3.05, 3.63) is 63.9 Å². The predicted molar refractivity (Wildman–Crippen MR) is 69.6 cm³/mol. The Kier molecular flexibility index (Phi) is 3.79. The van der Waals surface area contributed by atoms with Crippen molar-refractivity contribution in [2.45, 2.75) is 13.5 Å². The third kappa shape index (κ3) is 3.30. The number of halogens is 2. The van der Waals surface area contributed by atoms with Gasteiger partial charge in [0, 0.05) is 0 Å². The zero-order chi connectivity index (χ0) is 12.3. The first kappa shape index (κ1) is 12.1. The van der Waals surface area contributed by atoms with Gasteiger partial charge >= 0.3 is 0 Å². The third-order valence-corrected chi connectivity index (χ3v) is 3.02. The summed E-state index contributed by atoms with van der Waals surface area (Å²) in [5.41, 5.74) is 2.13. The predicted octanol–water partition coefficient (Wildman–Crippen LogP) is 4.48. The summed E-state index contributed by atoms with van der Waals surface area (Å²) in [6.07, 6.45) is 0. The lowest BCUT2D eigenvalue weighted by atomic mass is 10.2. The lowest BCUT2D eigenvalue weighted by Crippen LogP contribution is -1.95. The molecule has 0 amide bonds. The molecule has 17 heavy (non-hydrogen) atoms. The fourth-order valence-electron chi connectivity index (χ4n) is 1.43. The molecule has 2 aromatic carbocycles. The highest BCUT2D eigenvalue weighted by molar-refractivity contribution is 9.10. The van der Waals surface area contributed by atoms with E-state index < -0.39 is 0 Å². The van der Waals surface area contributed by atoms with Crippen LogP contribution in [0.4, 0.5) is 4.39 Å². The minimum atomic E-state index is -0.260. The van der Waals surface area contributed by atoms with Gasteiger partial charge in [-0.15, -0.1) is 0 Å². The van der Waals surface area contributed by atoms with Crippen LogP contribution in [0.5, 0.6) is 5.75 Å². The van der Waals surface area contributed by atoms with Crippen LogP contribution in [0.15, 0.2) is 46.9 Å². The molecule has 0 bridgehead atoms. The van der Waals surface area contributed by atoms with Gasteiger partial charge in [-0.3, -0.25) is 0 Å². The molecule has 0 aliphatic carbocycles. The summed E-state index contributed by atoms with van der Waals surface area (Å²) < 4.78 is 19.1. The molecule has 2 rings (SSSR count). The van der Waals surface area contributed by atoms with Gasteiger partial charge in [0.1, 0.15) is 18.2 Å². The van der Waals surface area contributed by atoms with E-state index in [9.17, 15) is 4.39 Å². The van der Waals surface area contributed by atoms with Crippen LogP contribution in [0, 0.1) is 12.7 Å². The molecule has 1 nitrogen and oxygen atoms in total. The van der Waals surface area contributed by atoms with E-state index in [0.717, 1.165) is 11.3 Å². The van der Waals surface area contributed by atoms with Crippen molar-refractivity contribution >= 4 is 15.9 Å². The van der Waals surface area contributed by atoms with Crippen molar-refractivity contribution in [2.75, 3.05) is 0 Å². The van der Waals surface area contributed by atoms with Gasteiger partial charge in [-0.1, -0.05) is 23.8 Å². The van der Waals surface area contributed by atoms with Gasteiger partial charge in [-0.05, 0) is 52.7 Å². The number of hydrogen-bond acceptors (Lipinski definition) is 1. The van der Waals surface area contributed by atoms with Crippen LogP contribution >= 0.6 is 15.9 Å². The van der Waals surface area contributed by atoms with E-state index in [1.165, 1.54) is 11.6 Å². The third-order valence-electron chi connectivity index (χ3n) is 2.41. The molecule has 0 heterocycles. The van der Waals surface area contributed by atoms with Crippen molar-refractivity contribution in [3.63, 3.8) is 0 Å². The molecular weight excluding hydrogens is 283 g/mol. The van der Waals surface area contributed by atoms with Gasteiger partial charge in [0.2, 0.25) is 0 Å². The molecule has 0 unspecified atom stereocenters. The Morgan fingerprint density at radius 2 is 1.82 bits per heavy atom. The molecule has 0 radical (unpaired) electrons. The van der Waals surface area contributed by atoms with Gasteiger partial charge in [-0.25, -0.2) is 4.39 Å². The minimum Gasteiger partial charge on any atom is -0.489 e. The number of aryl methyl sites for hydroxylation is 1. The fourth-order valence-corrected chi connectivity index (χ4v) is 1.86. The van der Waals surface area contributed by atoms with Crippen molar-refractivity contribution in [1.29, 1.82) is 0 Å². The van der Waals surface area contributed by atoms with E-state index in [2.05, 4.69) is 15.9 Å². The summed E-state index contributed by atoms with van der Waals surface area (Å²) in [5.74, 6) is 0.556. The summed E-state index contributed by atoms with van der Waals surface area (Å²) in [4.78, 5) is 0. The summed E-state index contributed by atoms with van der Waals surface area (Å²) in [6, 6.07) is 12.7. The summed E-state index contributed by atoms with van der Waals surface area (Å²) in [6.45, 7) is 2.46. The van der Waals surface area contributed by atoms with Crippen LogP contribution in [-0.4, -0.2) is 0 Å². The molecule has 0 aliphatic rings. The molecule has 0 N–H and O–H groups in total. The van der Waals surface area contributed by atoms with Crippen LogP contribution in [0.25, 0.3) is 0 Å². The highest BCUT2D eigenvalue weighted by Crippen LogP contribution is 2.19. The first-order valence-electron chi connectivity index (χ1n) is 5.28. The van der Waals surface area contributed by atoms with Gasteiger partial charge < -0.3 is 4.74 Å². The zero-order valence-electron chi connectivity index (χ0n) is 9.41. The maximum absolute atomic E-state index is 13.0. The van der Waals surface area contributed by atoms with E-state index >= 15 is 0 Å². The van der Waals surface area contributed by atoms with E-state index in [4.69, 9.17) is 4.74 Å². The quantitative estimate of drug-likeness (QED) is 0.811. The normalized spacial score (nSPS) is 10.3. The number of ether oxygens (including phenoxy) is 1. The van der Waals surface area contributed by atoms with Gasteiger partial charge in [0.05, 0.1) is 4.47 Å². The van der Waals surface area contributed by atoms with E-state index in [1.54, 1.807) is 12.1 Å². The van der Waals surface area contributed by atoms with E-state index in [-0.39, 0.29) is 5.82 Å². The maximum atomic E-state index is 13.0. The summed E-state index contributed by atoms with van der Waals surface area (Å²) in [5, 5.41) is 0. The first-order valence-corrected chi connectivity index (χ1v) is 6.08. The Bertz CT molecular complexity index is 508. The largest absolute Gasteiger partial charge is 0.489 e. The van der Waals surface area contributed by atoms with Crippen molar-refractivity contribution in [1.82, 2.24) is 0 Å². The Morgan fingerprint density at radius 1 is 1.12 bits per heavy atom. The van der Waals surface area contributed by atoms with Crippen LogP contribution in [0.2, 0.25) is 0 Å². The van der Waals surface area contributed by atoms with Crippen molar-refractivity contribution in [2.24, 2.45) is 0 Å². The zero-order valence-corrected chi connectivity index (χ0v) is 11.0. The molecule has 2 aromatic rings. The highest BCUT2D eigenvalue weighted by Gasteiger charge is 2.01. The Labute approximate surface area is 108 Å². The second-order valence-corrected chi connectivity index (χ2v) is 4.70. The van der Waals surface area contributed by atoms with Crippen LogP contribution in [0.3, 0.4) is 0 Å². The van der Waals surface area contributed by atoms with E-state index in [1.807, 2.05) is 31.2 Å². The Hall–Kier alpha value is -1.35. The molecule has 0 fully saturated rings. The summed E-state index contributed by atoms with van der Waals surface area (Å²) in [7, 11) is 0. The van der Waals surface area contributed by atoms with Gasteiger partial charge in [0.25, 0.3) is 0 Å². The molecule has 0 saturated heterocycles. The Balaban J connectivity index is 2.02. The lowest BCUT2D eigenvalue weighted by molar-refractivity contribution is 0.306. The number of benzene rings is 2. The van der Waals surface area contributed by atoms with Crippen molar-refractivity contribution < 1.29 is 9.13 Å². The molecule has 0 aromatic heterocycles. The molecule has 3 heteroatoms. The van der Waals surface area contributed by atoms with Crippen LogP contribution in [-0.2, 0) is 6.61 Å². The summed E-state index contributed by atoms with van der Waals surface area (Å²) >= 11 is 3.15. The second kappa shape index (κ2) is 5.32. The van der Waals surface area contributed by atoms with E-state index in [0.29, 0.717) is 11.1 Å². The molecule has 0 atom stereocenters. The SMILES string of the molecule is Cc1ccc(OCc2ccc(F)c(Br)c2)cc1. The standard InChI is InChI=1S/C14H12BrFO/c1-10-2-5-12(6-3-10)17-9-11-4-7-14(16)13(15)8-11/h2-8H,9H2,1H3. The highest BCUT2D eigenvalue weighted by atomic mass is 79.9. The molecule has 0 aliphatic heterocycles. The Morgan fingerprint density at radius 3 is 2.47 bits per heavy atom.